The highest BCUT2D eigenvalue weighted by Gasteiger charge is 2.15. The normalized spacial score (nSPS) is 17.3. The van der Waals surface area contributed by atoms with E-state index >= 15 is 0 Å². The molecule has 1 aromatic rings. The van der Waals surface area contributed by atoms with Crippen molar-refractivity contribution in [2.45, 2.75) is 0 Å². The molecule has 4 heteroatoms. The van der Waals surface area contributed by atoms with E-state index in [0.717, 1.165) is 26.2 Å². The molecule has 0 aliphatic carbocycles. The van der Waals surface area contributed by atoms with Crippen LogP contribution in [0.1, 0.15) is 0 Å². The second-order valence-corrected chi connectivity index (χ2v) is 3.43. The molecule has 0 amide bonds. The first kappa shape index (κ1) is 12.3. The van der Waals surface area contributed by atoms with Gasteiger partial charge in [0.25, 0.3) is 0 Å². The maximum Gasteiger partial charge on any atom is 0.0575 e. The first-order valence-electron chi connectivity index (χ1n) is 4.99. The Hall–Kier alpha value is -0.770. The average Bonchev–Trinajstić information content (AvgIpc) is 2.30. The molecule has 1 fully saturated rings. The Labute approximate surface area is 97.0 Å². The summed E-state index contributed by atoms with van der Waals surface area (Å²) in [5.41, 5.74) is 1.31. The Morgan fingerprint density at radius 2 is 1.60 bits per heavy atom. The van der Waals surface area contributed by atoms with Crippen molar-refractivity contribution in [1.29, 1.82) is 0 Å². The summed E-state index contributed by atoms with van der Waals surface area (Å²) in [7, 11) is 1.73. The van der Waals surface area contributed by atoms with Gasteiger partial charge in [-0.05, 0) is 12.1 Å². The van der Waals surface area contributed by atoms with Crippen molar-refractivity contribution < 1.29 is 4.84 Å². The van der Waals surface area contributed by atoms with Crippen LogP contribution in [-0.4, -0.2) is 38.4 Å². The Morgan fingerprint density at radius 1 is 1.00 bits per heavy atom. The van der Waals surface area contributed by atoms with Crippen molar-refractivity contribution in [3.63, 3.8) is 0 Å². The van der Waals surface area contributed by atoms with Crippen LogP contribution in [0.2, 0.25) is 0 Å². The zero-order valence-corrected chi connectivity index (χ0v) is 9.74. The number of hydroxylamine groups is 2. The van der Waals surface area contributed by atoms with Crippen molar-refractivity contribution in [1.82, 2.24) is 5.06 Å². The highest BCUT2D eigenvalue weighted by Crippen LogP contribution is 2.15. The van der Waals surface area contributed by atoms with E-state index in [1.807, 2.05) is 5.06 Å². The van der Waals surface area contributed by atoms with Gasteiger partial charge in [0.15, 0.2) is 0 Å². The molecule has 1 aliphatic rings. The Balaban J connectivity index is 0.00000112. The Bertz CT molecular complexity index is 273. The van der Waals surface area contributed by atoms with Crippen LogP contribution >= 0.6 is 12.4 Å². The molecular weight excluding hydrogens is 212 g/mol. The summed E-state index contributed by atoms with van der Waals surface area (Å²) in [5, 5.41) is 2.00. The quantitative estimate of drug-likeness (QED) is 0.768. The molecule has 0 N–H and O–H groups in total. The molecule has 84 valence electrons. The summed E-state index contributed by atoms with van der Waals surface area (Å²) in [6, 6.07) is 10.5. The van der Waals surface area contributed by atoms with Gasteiger partial charge >= 0.3 is 0 Å². The third kappa shape index (κ3) is 3.09. The van der Waals surface area contributed by atoms with Gasteiger partial charge in [0.1, 0.15) is 0 Å². The fourth-order valence-electron chi connectivity index (χ4n) is 1.77. The molecule has 0 saturated carbocycles. The van der Waals surface area contributed by atoms with Gasteiger partial charge in [0.2, 0.25) is 0 Å². The van der Waals surface area contributed by atoms with E-state index < -0.39 is 0 Å². The minimum atomic E-state index is 0. The summed E-state index contributed by atoms with van der Waals surface area (Å²) in [4.78, 5) is 7.57. The topological polar surface area (TPSA) is 15.7 Å². The summed E-state index contributed by atoms with van der Waals surface area (Å²) < 4.78 is 0. The molecule has 15 heavy (non-hydrogen) atoms. The van der Waals surface area contributed by atoms with Gasteiger partial charge in [-0.25, -0.2) is 0 Å². The van der Waals surface area contributed by atoms with Gasteiger partial charge in [0, 0.05) is 31.9 Å². The van der Waals surface area contributed by atoms with Gasteiger partial charge in [-0.1, -0.05) is 18.2 Å². The third-order valence-corrected chi connectivity index (χ3v) is 2.62. The molecule has 1 heterocycles. The van der Waals surface area contributed by atoms with E-state index in [4.69, 9.17) is 4.84 Å². The van der Waals surface area contributed by atoms with E-state index in [-0.39, 0.29) is 12.4 Å². The number of para-hydroxylation sites is 1. The monoisotopic (exact) mass is 228 g/mol. The van der Waals surface area contributed by atoms with Gasteiger partial charge < -0.3 is 9.74 Å². The lowest BCUT2D eigenvalue weighted by molar-refractivity contribution is -0.133. The fraction of sp³-hybridized carbons (Fsp3) is 0.455. The lowest BCUT2D eigenvalue weighted by Crippen LogP contribution is -2.45. The van der Waals surface area contributed by atoms with Crippen LogP contribution in [-0.2, 0) is 4.84 Å². The van der Waals surface area contributed by atoms with Gasteiger partial charge in [-0.2, -0.15) is 5.06 Å². The Kier molecular flexibility index (Phi) is 4.88. The summed E-state index contributed by atoms with van der Waals surface area (Å²) in [5.74, 6) is 0. The molecular formula is C11H17ClN2O. The SMILES string of the molecule is CON1CCN(c2ccccc2)CC1.Cl. The highest BCUT2D eigenvalue weighted by molar-refractivity contribution is 5.85. The zero-order chi connectivity index (χ0) is 9.80. The molecule has 3 nitrogen and oxygen atoms in total. The number of nitrogens with zero attached hydrogens (tertiary/aromatic N) is 2. The van der Waals surface area contributed by atoms with Crippen molar-refractivity contribution in [2.24, 2.45) is 0 Å². The maximum absolute atomic E-state index is 5.18. The smallest absolute Gasteiger partial charge is 0.0575 e. The van der Waals surface area contributed by atoms with Gasteiger partial charge in [-0.15, -0.1) is 12.4 Å². The highest BCUT2D eigenvalue weighted by atomic mass is 35.5. The van der Waals surface area contributed by atoms with Crippen LogP contribution in [0.25, 0.3) is 0 Å². The number of hydrogen-bond acceptors (Lipinski definition) is 3. The van der Waals surface area contributed by atoms with Crippen molar-refractivity contribution in [3.8, 4) is 0 Å². The standard InChI is InChI=1S/C11H16N2O.ClH/c1-14-13-9-7-12(8-10-13)11-5-3-2-4-6-11;/h2-6H,7-10H2,1H3;1H. The van der Waals surface area contributed by atoms with Crippen LogP contribution < -0.4 is 4.90 Å². The first-order chi connectivity index (χ1) is 6.90. The van der Waals surface area contributed by atoms with Crippen LogP contribution in [0.4, 0.5) is 5.69 Å². The summed E-state index contributed by atoms with van der Waals surface area (Å²) in [6.45, 7) is 4.03. The largest absolute Gasteiger partial charge is 0.369 e. The number of hydrogen-bond donors (Lipinski definition) is 0. The second-order valence-electron chi connectivity index (χ2n) is 3.43. The minimum absolute atomic E-state index is 0. The number of benzene rings is 1. The summed E-state index contributed by atoms with van der Waals surface area (Å²) in [6.07, 6.45) is 0. The molecule has 0 bridgehead atoms. The predicted molar refractivity (Wildman–Crippen MR) is 64.5 cm³/mol. The third-order valence-electron chi connectivity index (χ3n) is 2.62. The van der Waals surface area contributed by atoms with E-state index in [0.29, 0.717) is 0 Å². The van der Waals surface area contributed by atoms with E-state index in [9.17, 15) is 0 Å². The first-order valence-corrected chi connectivity index (χ1v) is 4.99. The van der Waals surface area contributed by atoms with Crippen molar-refractivity contribution >= 4 is 18.1 Å². The molecule has 1 aromatic carbocycles. The molecule has 0 atom stereocenters. The molecule has 1 aliphatic heterocycles. The Morgan fingerprint density at radius 3 is 2.13 bits per heavy atom. The van der Waals surface area contributed by atoms with Crippen molar-refractivity contribution in [2.75, 3.05) is 38.2 Å². The lowest BCUT2D eigenvalue weighted by atomic mass is 10.2. The number of rotatable bonds is 2. The fourth-order valence-corrected chi connectivity index (χ4v) is 1.77. The van der Waals surface area contributed by atoms with Gasteiger partial charge in [-0.3, -0.25) is 0 Å². The van der Waals surface area contributed by atoms with Gasteiger partial charge in [0.05, 0.1) is 7.11 Å². The molecule has 0 aromatic heterocycles. The van der Waals surface area contributed by atoms with Crippen LogP contribution in [0.5, 0.6) is 0 Å². The lowest BCUT2D eigenvalue weighted by Gasteiger charge is -2.34. The molecule has 0 spiro atoms. The predicted octanol–water partition coefficient (Wildman–Crippen LogP) is 1.79. The van der Waals surface area contributed by atoms with Crippen molar-refractivity contribution in [3.05, 3.63) is 30.3 Å². The van der Waals surface area contributed by atoms with E-state index in [1.54, 1.807) is 7.11 Å². The molecule has 0 unspecified atom stereocenters. The average molecular weight is 229 g/mol. The second kappa shape index (κ2) is 5.95. The number of piperazine rings is 1. The van der Waals surface area contributed by atoms with Crippen LogP contribution in [0, 0.1) is 0 Å². The van der Waals surface area contributed by atoms with E-state index in [1.165, 1.54) is 5.69 Å². The minimum Gasteiger partial charge on any atom is -0.369 e. The maximum atomic E-state index is 5.18. The zero-order valence-electron chi connectivity index (χ0n) is 8.93. The van der Waals surface area contributed by atoms with Crippen LogP contribution in [0.15, 0.2) is 30.3 Å². The molecule has 2 rings (SSSR count). The van der Waals surface area contributed by atoms with Crippen LogP contribution in [0.3, 0.4) is 0 Å². The number of halogens is 1. The summed E-state index contributed by atoms with van der Waals surface area (Å²) >= 11 is 0. The molecule has 1 saturated heterocycles. The van der Waals surface area contributed by atoms with E-state index in [2.05, 4.69) is 35.2 Å². The number of anilines is 1. The molecule has 0 radical (unpaired) electrons.